The third-order valence-electron chi connectivity index (χ3n) is 1.80. The summed E-state index contributed by atoms with van der Waals surface area (Å²) < 4.78 is 18.9. The summed E-state index contributed by atoms with van der Waals surface area (Å²) in [4.78, 5) is 3.90. The lowest BCUT2D eigenvalue weighted by Crippen LogP contribution is -1.87. The summed E-state index contributed by atoms with van der Waals surface area (Å²) in [5.74, 6) is 0.552. The molecule has 1 aromatic carbocycles. The van der Waals surface area contributed by atoms with Gasteiger partial charge in [0.1, 0.15) is 22.5 Å². The highest BCUT2D eigenvalue weighted by atomic mass is 79.9. The summed E-state index contributed by atoms with van der Waals surface area (Å²) in [6.45, 7) is 0. The van der Waals surface area contributed by atoms with E-state index in [9.17, 15) is 4.39 Å². The highest BCUT2D eigenvalue weighted by molar-refractivity contribution is 9.10. The maximum absolute atomic E-state index is 12.9. The summed E-state index contributed by atoms with van der Waals surface area (Å²) in [5, 5.41) is 0.353. The maximum atomic E-state index is 12.9. The third-order valence-corrected chi connectivity index (χ3v) is 2.94. The number of halogens is 3. The molecule has 0 bridgehead atoms. The predicted molar refractivity (Wildman–Crippen MR) is 63.4 cm³/mol. The Morgan fingerprint density at radius 2 is 2.06 bits per heavy atom. The first kappa shape index (κ1) is 11.4. The normalized spacial score (nSPS) is 10.2. The molecule has 2 rings (SSSR count). The molecule has 2 nitrogen and oxygen atoms in total. The summed E-state index contributed by atoms with van der Waals surface area (Å²) in [7, 11) is 0. The van der Waals surface area contributed by atoms with Gasteiger partial charge in [0.15, 0.2) is 0 Å². The van der Waals surface area contributed by atoms with Crippen LogP contribution in [0.3, 0.4) is 0 Å². The van der Waals surface area contributed by atoms with Crippen LogP contribution in [0.2, 0.25) is 5.15 Å². The van der Waals surface area contributed by atoms with E-state index in [-0.39, 0.29) is 5.82 Å². The van der Waals surface area contributed by atoms with E-state index >= 15 is 0 Å². The average molecular weight is 303 g/mol. The summed E-state index contributed by atoms with van der Waals surface area (Å²) in [5.41, 5.74) is 0. The first-order chi connectivity index (χ1) is 7.65. The zero-order valence-corrected chi connectivity index (χ0v) is 10.3. The Morgan fingerprint density at radius 3 is 2.75 bits per heavy atom. The number of aromatic nitrogens is 1. The highest BCUT2D eigenvalue weighted by Crippen LogP contribution is 2.27. The summed E-state index contributed by atoms with van der Waals surface area (Å²) >= 11 is 8.96. The van der Waals surface area contributed by atoms with Gasteiger partial charge in [0.2, 0.25) is 0 Å². The fourth-order valence-electron chi connectivity index (χ4n) is 1.13. The second-order valence-electron chi connectivity index (χ2n) is 3.00. The van der Waals surface area contributed by atoms with Gasteiger partial charge in [-0.1, -0.05) is 17.7 Å². The number of hydrogen-bond acceptors (Lipinski definition) is 2. The molecule has 5 heteroatoms. The van der Waals surface area contributed by atoms with Crippen LogP contribution in [0, 0.1) is 5.82 Å². The number of benzene rings is 1. The van der Waals surface area contributed by atoms with Crippen molar-refractivity contribution >= 4 is 27.5 Å². The van der Waals surface area contributed by atoms with Crippen LogP contribution < -0.4 is 4.74 Å². The molecule has 0 atom stereocenters. The number of rotatable bonds is 2. The lowest BCUT2D eigenvalue weighted by atomic mass is 10.3. The molecule has 0 fully saturated rings. The van der Waals surface area contributed by atoms with Crippen LogP contribution in [-0.2, 0) is 0 Å². The molecule has 0 aliphatic rings. The third kappa shape index (κ3) is 2.71. The van der Waals surface area contributed by atoms with Crippen LogP contribution in [-0.4, -0.2) is 4.98 Å². The lowest BCUT2D eigenvalue weighted by Gasteiger charge is -2.05. The largest absolute Gasteiger partial charge is 0.456 e. The number of pyridine rings is 1. The van der Waals surface area contributed by atoms with E-state index < -0.39 is 0 Å². The first-order valence-electron chi connectivity index (χ1n) is 4.39. The molecule has 0 saturated carbocycles. The molecule has 1 aromatic heterocycles. The van der Waals surface area contributed by atoms with Gasteiger partial charge in [0, 0.05) is 6.07 Å². The Labute approximate surface area is 105 Å². The zero-order chi connectivity index (χ0) is 11.5. The Bertz CT molecular complexity index is 521. The lowest BCUT2D eigenvalue weighted by molar-refractivity contribution is 0.474. The van der Waals surface area contributed by atoms with Crippen molar-refractivity contribution in [2.24, 2.45) is 0 Å². The molecule has 0 unspecified atom stereocenters. The molecule has 16 heavy (non-hydrogen) atoms. The quantitative estimate of drug-likeness (QED) is 0.766. The molecule has 0 aliphatic carbocycles. The predicted octanol–water partition coefficient (Wildman–Crippen LogP) is 4.43. The van der Waals surface area contributed by atoms with E-state index in [4.69, 9.17) is 16.3 Å². The Balaban J connectivity index is 2.24. The molecule has 2 aromatic rings. The topological polar surface area (TPSA) is 22.1 Å². The van der Waals surface area contributed by atoms with E-state index in [2.05, 4.69) is 20.9 Å². The van der Waals surface area contributed by atoms with Gasteiger partial charge in [-0.05, 0) is 34.1 Å². The van der Waals surface area contributed by atoms with Crippen molar-refractivity contribution in [1.29, 1.82) is 0 Å². The SMILES string of the molecule is Fc1cccc(Oc2cnc(Cl)c(Br)c2)c1. The van der Waals surface area contributed by atoms with Gasteiger partial charge in [-0.2, -0.15) is 0 Å². The smallest absolute Gasteiger partial charge is 0.146 e. The van der Waals surface area contributed by atoms with Crippen molar-refractivity contribution in [2.75, 3.05) is 0 Å². The van der Waals surface area contributed by atoms with Gasteiger partial charge < -0.3 is 4.74 Å². The molecule has 0 spiro atoms. The van der Waals surface area contributed by atoms with Crippen molar-refractivity contribution < 1.29 is 9.13 Å². The van der Waals surface area contributed by atoms with E-state index in [1.807, 2.05) is 0 Å². The second-order valence-corrected chi connectivity index (χ2v) is 4.22. The maximum Gasteiger partial charge on any atom is 0.146 e. The van der Waals surface area contributed by atoms with Crippen molar-refractivity contribution in [3.05, 3.63) is 52.0 Å². The highest BCUT2D eigenvalue weighted by Gasteiger charge is 2.03. The Hall–Kier alpha value is -1.13. The fourth-order valence-corrected chi connectivity index (χ4v) is 1.56. The van der Waals surface area contributed by atoms with E-state index in [1.54, 1.807) is 18.2 Å². The molecular formula is C11H6BrClFNO. The van der Waals surface area contributed by atoms with Gasteiger partial charge in [-0.25, -0.2) is 9.37 Å². The zero-order valence-electron chi connectivity index (χ0n) is 7.95. The molecular weight excluding hydrogens is 296 g/mol. The monoisotopic (exact) mass is 301 g/mol. The van der Waals surface area contributed by atoms with Crippen LogP contribution in [0.1, 0.15) is 0 Å². The standard InChI is InChI=1S/C11H6BrClFNO/c12-10-5-9(6-15-11(10)13)16-8-3-1-2-7(14)4-8/h1-6H. The van der Waals surface area contributed by atoms with Crippen molar-refractivity contribution in [1.82, 2.24) is 4.98 Å². The van der Waals surface area contributed by atoms with Crippen LogP contribution in [0.5, 0.6) is 11.5 Å². The van der Waals surface area contributed by atoms with Crippen LogP contribution >= 0.6 is 27.5 Å². The van der Waals surface area contributed by atoms with Gasteiger partial charge in [-0.3, -0.25) is 0 Å². The second kappa shape index (κ2) is 4.80. The number of nitrogens with zero attached hydrogens (tertiary/aromatic N) is 1. The number of ether oxygens (including phenoxy) is 1. The van der Waals surface area contributed by atoms with Gasteiger partial charge in [0.05, 0.1) is 10.7 Å². The van der Waals surface area contributed by atoms with Gasteiger partial charge in [0.25, 0.3) is 0 Å². The Morgan fingerprint density at radius 1 is 1.25 bits per heavy atom. The van der Waals surface area contributed by atoms with Crippen LogP contribution in [0.4, 0.5) is 4.39 Å². The Kier molecular flexibility index (Phi) is 3.41. The molecule has 0 aliphatic heterocycles. The van der Waals surface area contributed by atoms with Crippen molar-refractivity contribution in [3.63, 3.8) is 0 Å². The molecule has 0 amide bonds. The molecule has 0 radical (unpaired) electrons. The van der Waals surface area contributed by atoms with Crippen molar-refractivity contribution in [2.45, 2.75) is 0 Å². The number of hydrogen-bond donors (Lipinski definition) is 0. The van der Waals surface area contributed by atoms with Crippen molar-refractivity contribution in [3.8, 4) is 11.5 Å². The minimum atomic E-state index is -0.349. The van der Waals surface area contributed by atoms with E-state index in [0.29, 0.717) is 21.1 Å². The fraction of sp³-hybridized carbons (Fsp3) is 0. The average Bonchev–Trinajstić information content (AvgIpc) is 2.24. The molecule has 82 valence electrons. The van der Waals surface area contributed by atoms with Gasteiger partial charge >= 0.3 is 0 Å². The molecule has 1 heterocycles. The minimum Gasteiger partial charge on any atom is -0.456 e. The summed E-state index contributed by atoms with van der Waals surface area (Å²) in [6, 6.07) is 7.54. The van der Waals surface area contributed by atoms with E-state index in [0.717, 1.165) is 0 Å². The summed E-state index contributed by atoms with van der Waals surface area (Å²) in [6.07, 6.45) is 1.47. The van der Waals surface area contributed by atoms with Crippen LogP contribution in [0.25, 0.3) is 0 Å². The first-order valence-corrected chi connectivity index (χ1v) is 5.57. The van der Waals surface area contributed by atoms with Crippen LogP contribution in [0.15, 0.2) is 41.0 Å². The van der Waals surface area contributed by atoms with Gasteiger partial charge in [-0.15, -0.1) is 0 Å². The molecule has 0 saturated heterocycles. The minimum absolute atomic E-state index is 0.349. The van der Waals surface area contributed by atoms with E-state index in [1.165, 1.54) is 18.3 Å². The molecule has 0 N–H and O–H groups in total.